The average molecular weight is 588 g/mol. The zero-order chi connectivity index (χ0) is 28.5. The van der Waals surface area contributed by atoms with Gasteiger partial charge in [-0.3, -0.25) is 4.79 Å². The van der Waals surface area contributed by atoms with Crippen molar-refractivity contribution in [1.29, 1.82) is 0 Å². The minimum absolute atomic E-state index is 0.0119. The van der Waals surface area contributed by atoms with Crippen molar-refractivity contribution in [3.05, 3.63) is 77.1 Å². The number of halogens is 1. The number of sulfonamides is 1. The van der Waals surface area contributed by atoms with Crippen molar-refractivity contribution in [1.82, 2.24) is 15.0 Å². The van der Waals surface area contributed by atoms with Crippen molar-refractivity contribution in [2.24, 2.45) is 0 Å². The van der Waals surface area contributed by atoms with Crippen LogP contribution in [0.2, 0.25) is 5.15 Å². The maximum absolute atomic E-state index is 12.7. The number of benzene rings is 2. The van der Waals surface area contributed by atoms with Gasteiger partial charge in [0.1, 0.15) is 23.3 Å². The lowest BCUT2D eigenvalue weighted by molar-refractivity contribution is 0.0969. The third kappa shape index (κ3) is 8.92. The van der Waals surface area contributed by atoms with Crippen molar-refractivity contribution in [3.8, 4) is 22.6 Å². The van der Waals surface area contributed by atoms with Gasteiger partial charge in [-0.15, -0.1) is 0 Å². The number of pyridine rings is 1. The topological polar surface area (TPSA) is 127 Å². The molecule has 214 valence electrons. The molecule has 3 N–H and O–H groups in total. The fourth-order valence-electron chi connectivity index (χ4n) is 4.50. The van der Waals surface area contributed by atoms with Gasteiger partial charge in [-0.2, -0.15) is 0 Å². The second-order valence-electron chi connectivity index (χ2n) is 9.80. The van der Waals surface area contributed by atoms with Crippen molar-refractivity contribution in [2.45, 2.75) is 44.3 Å². The summed E-state index contributed by atoms with van der Waals surface area (Å²) in [5.74, 6) is 0.346. The standard InChI is InChI=1S/C29H34ClN3O6S/c1-40(36,37)33-29(35)25-13-9-21(17-27(25)39-24-5-3-2-4-6-24)20-7-11-23(12-8-20)38-16-15-31-19-26(34)22-10-14-28(30)32-18-22/h7-14,17-18,24,26,31,34H,2-6,15-16,19H2,1H3,(H,33,35)/t26-/m0/s1. The molecule has 3 aromatic rings. The van der Waals surface area contributed by atoms with Gasteiger partial charge in [0.15, 0.2) is 0 Å². The Morgan fingerprint density at radius 3 is 2.48 bits per heavy atom. The molecule has 0 spiro atoms. The van der Waals surface area contributed by atoms with Gasteiger partial charge in [0, 0.05) is 24.8 Å². The number of nitrogens with one attached hydrogen (secondary N) is 2. The number of ether oxygens (including phenoxy) is 2. The number of aliphatic hydroxyl groups excluding tert-OH is 1. The van der Waals surface area contributed by atoms with E-state index in [-0.39, 0.29) is 11.7 Å². The van der Waals surface area contributed by atoms with Crippen LogP contribution in [-0.4, -0.2) is 56.5 Å². The molecule has 4 rings (SSSR count). The first-order valence-electron chi connectivity index (χ1n) is 13.2. The van der Waals surface area contributed by atoms with Gasteiger partial charge in [-0.25, -0.2) is 18.1 Å². The Morgan fingerprint density at radius 1 is 1.07 bits per heavy atom. The predicted octanol–water partition coefficient (Wildman–Crippen LogP) is 4.50. The van der Waals surface area contributed by atoms with E-state index in [1.807, 2.05) is 29.0 Å². The Hall–Kier alpha value is -3.18. The first-order valence-corrected chi connectivity index (χ1v) is 15.5. The second kappa shape index (κ2) is 13.9. The molecule has 0 aliphatic heterocycles. The van der Waals surface area contributed by atoms with E-state index in [1.54, 1.807) is 36.5 Å². The van der Waals surface area contributed by atoms with Crippen LogP contribution in [0.5, 0.6) is 11.5 Å². The van der Waals surface area contributed by atoms with Crippen LogP contribution in [0.25, 0.3) is 11.1 Å². The van der Waals surface area contributed by atoms with Crippen molar-refractivity contribution >= 4 is 27.5 Å². The van der Waals surface area contributed by atoms with Crippen LogP contribution >= 0.6 is 11.6 Å². The molecule has 1 aliphatic carbocycles. The quantitative estimate of drug-likeness (QED) is 0.209. The van der Waals surface area contributed by atoms with Gasteiger partial charge in [-0.1, -0.05) is 42.3 Å². The molecule has 11 heteroatoms. The van der Waals surface area contributed by atoms with Crippen LogP contribution in [0.1, 0.15) is 54.1 Å². The summed E-state index contributed by atoms with van der Waals surface area (Å²) in [7, 11) is -3.71. The predicted molar refractivity (Wildman–Crippen MR) is 154 cm³/mol. The second-order valence-corrected chi connectivity index (χ2v) is 11.9. The molecular formula is C29H34ClN3O6S. The van der Waals surface area contributed by atoms with E-state index >= 15 is 0 Å². The number of rotatable bonds is 12. The van der Waals surface area contributed by atoms with E-state index in [9.17, 15) is 18.3 Å². The molecule has 40 heavy (non-hydrogen) atoms. The minimum Gasteiger partial charge on any atom is -0.492 e. The number of amides is 1. The lowest BCUT2D eigenvalue weighted by Gasteiger charge is -2.24. The van der Waals surface area contributed by atoms with Crippen LogP contribution in [0.15, 0.2) is 60.8 Å². The molecule has 2 aromatic carbocycles. The Balaban J connectivity index is 1.35. The van der Waals surface area contributed by atoms with Crippen molar-refractivity contribution in [3.63, 3.8) is 0 Å². The first-order chi connectivity index (χ1) is 19.2. The number of carbonyl (C=O) groups is 1. The fraction of sp³-hybridized carbons (Fsp3) is 0.379. The summed E-state index contributed by atoms with van der Waals surface area (Å²) in [6.07, 6.45) is 6.87. The summed E-state index contributed by atoms with van der Waals surface area (Å²) < 4.78 is 37.3. The van der Waals surface area contributed by atoms with Gasteiger partial charge in [0.25, 0.3) is 5.91 Å². The molecule has 9 nitrogen and oxygen atoms in total. The monoisotopic (exact) mass is 587 g/mol. The fourth-order valence-corrected chi connectivity index (χ4v) is 5.06. The molecule has 1 heterocycles. The van der Waals surface area contributed by atoms with Crippen LogP contribution in [0, 0.1) is 0 Å². The molecule has 1 amide bonds. The number of nitrogens with zero attached hydrogens (tertiary/aromatic N) is 1. The van der Waals surface area contributed by atoms with E-state index in [1.165, 1.54) is 0 Å². The summed E-state index contributed by atoms with van der Waals surface area (Å²) in [5.41, 5.74) is 2.60. The molecule has 1 aliphatic rings. The largest absolute Gasteiger partial charge is 0.492 e. The number of hydrogen-bond donors (Lipinski definition) is 3. The van der Waals surface area contributed by atoms with Crippen LogP contribution < -0.4 is 19.5 Å². The molecule has 1 atom stereocenters. The molecular weight excluding hydrogens is 554 g/mol. The van der Waals surface area contributed by atoms with Crippen LogP contribution in [0.3, 0.4) is 0 Å². The highest BCUT2D eigenvalue weighted by Crippen LogP contribution is 2.32. The zero-order valence-electron chi connectivity index (χ0n) is 22.3. The SMILES string of the molecule is CS(=O)(=O)NC(=O)c1ccc(-c2ccc(OCCNC[C@H](O)c3ccc(Cl)nc3)cc2)cc1OC1CCCCC1. The first kappa shape index (κ1) is 29.8. The van der Waals surface area contributed by atoms with Crippen molar-refractivity contribution in [2.75, 3.05) is 26.0 Å². The third-order valence-corrected chi connectivity index (χ3v) is 7.34. The minimum atomic E-state index is -3.71. The smallest absolute Gasteiger partial charge is 0.268 e. The van der Waals surface area contributed by atoms with Gasteiger partial charge in [0.05, 0.1) is 24.0 Å². The van der Waals surface area contributed by atoms with Crippen LogP contribution in [0.4, 0.5) is 0 Å². The Bertz CT molecular complexity index is 1380. The van der Waals surface area contributed by atoms with Crippen molar-refractivity contribution < 1.29 is 27.8 Å². The molecule has 1 aromatic heterocycles. The molecule has 0 unspecified atom stereocenters. The van der Waals surface area contributed by atoms with E-state index < -0.39 is 22.0 Å². The van der Waals surface area contributed by atoms with Crippen LogP contribution in [-0.2, 0) is 10.0 Å². The van der Waals surface area contributed by atoms with E-state index in [4.69, 9.17) is 21.1 Å². The highest BCUT2D eigenvalue weighted by Gasteiger charge is 2.21. The average Bonchev–Trinajstić information content (AvgIpc) is 2.93. The highest BCUT2D eigenvalue weighted by molar-refractivity contribution is 7.89. The maximum atomic E-state index is 12.7. The molecule has 0 saturated heterocycles. The lowest BCUT2D eigenvalue weighted by atomic mass is 9.97. The lowest BCUT2D eigenvalue weighted by Crippen LogP contribution is -2.30. The van der Waals surface area contributed by atoms with Gasteiger partial charge in [0.2, 0.25) is 10.0 Å². The number of carbonyl (C=O) groups excluding carboxylic acids is 1. The van der Waals surface area contributed by atoms with E-state index in [0.717, 1.165) is 49.5 Å². The molecule has 0 radical (unpaired) electrons. The van der Waals surface area contributed by atoms with Gasteiger partial charge in [-0.05, 0) is 67.1 Å². The molecule has 0 bridgehead atoms. The number of aromatic nitrogens is 1. The summed E-state index contributed by atoms with van der Waals surface area (Å²) in [6.45, 7) is 1.31. The third-order valence-electron chi connectivity index (χ3n) is 6.56. The maximum Gasteiger partial charge on any atom is 0.268 e. The summed E-state index contributed by atoms with van der Waals surface area (Å²) >= 11 is 5.78. The normalized spacial score (nSPS) is 14.9. The van der Waals surface area contributed by atoms with E-state index in [0.29, 0.717) is 41.9 Å². The number of aliphatic hydroxyl groups is 1. The molecule has 1 saturated carbocycles. The summed E-state index contributed by atoms with van der Waals surface area (Å²) in [4.78, 5) is 16.6. The Kier molecular flexibility index (Phi) is 10.4. The Morgan fingerprint density at radius 2 is 1.80 bits per heavy atom. The molecule has 1 fully saturated rings. The summed E-state index contributed by atoms with van der Waals surface area (Å²) in [6, 6.07) is 16.1. The highest BCUT2D eigenvalue weighted by atomic mass is 35.5. The number of hydrogen-bond acceptors (Lipinski definition) is 8. The Labute approximate surface area is 239 Å². The zero-order valence-corrected chi connectivity index (χ0v) is 23.9. The van der Waals surface area contributed by atoms with Gasteiger partial charge >= 0.3 is 0 Å². The summed E-state index contributed by atoms with van der Waals surface area (Å²) in [5, 5.41) is 13.8. The van der Waals surface area contributed by atoms with E-state index in [2.05, 4.69) is 10.3 Å². The van der Waals surface area contributed by atoms with Gasteiger partial charge < -0.3 is 19.9 Å².